The van der Waals surface area contributed by atoms with E-state index in [0.717, 1.165) is 12.1 Å². The molecule has 0 fully saturated rings. The highest BCUT2D eigenvalue weighted by Crippen LogP contribution is 2.27. The van der Waals surface area contributed by atoms with Crippen LogP contribution < -0.4 is 4.74 Å². The highest BCUT2D eigenvalue weighted by molar-refractivity contribution is 9.10. The van der Waals surface area contributed by atoms with Crippen LogP contribution in [0.5, 0.6) is 5.75 Å². The number of hydrogen-bond acceptors (Lipinski definition) is 2. The third kappa shape index (κ3) is 3.89. The van der Waals surface area contributed by atoms with Crippen LogP contribution >= 0.6 is 15.9 Å². The minimum atomic E-state index is -4.68. The Balaban J connectivity index is 2.71. The third-order valence-corrected chi connectivity index (χ3v) is 2.34. The van der Waals surface area contributed by atoms with Gasteiger partial charge in [-0.3, -0.25) is 0 Å². The molecule has 17 heavy (non-hydrogen) atoms. The van der Waals surface area contributed by atoms with Crippen molar-refractivity contribution in [3.8, 4) is 11.8 Å². The van der Waals surface area contributed by atoms with Gasteiger partial charge in [-0.1, -0.05) is 15.9 Å². The number of nitrogens with zero attached hydrogens (tertiary/aromatic N) is 1. The van der Waals surface area contributed by atoms with E-state index in [-0.39, 0.29) is 5.75 Å². The van der Waals surface area contributed by atoms with E-state index in [0.29, 0.717) is 4.47 Å². The number of halogens is 5. The van der Waals surface area contributed by atoms with E-state index in [1.807, 2.05) is 0 Å². The van der Waals surface area contributed by atoms with Gasteiger partial charge in [0, 0.05) is 4.47 Å². The zero-order valence-electron chi connectivity index (χ0n) is 8.26. The predicted molar refractivity (Wildman–Crippen MR) is 54.8 cm³/mol. The maximum atomic E-state index is 13.2. The Bertz CT molecular complexity index is 441. The first-order chi connectivity index (χ1) is 7.84. The summed E-state index contributed by atoms with van der Waals surface area (Å²) in [5, 5.41) is 8.30. The van der Waals surface area contributed by atoms with Crippen molar-refractivity contribution < 1.29 is 22.3 Å². The molecular weight excluding hydrogens is 306 g/mol. The first-order valence-electron chi connectivity index (χ1n) is 4.38. The van der Waals surface area contributed by atoms with Gasteiger partial charge in [-0.2, -0.15) is 18.4 Å². The molecule has 1 aromatic rings. The summed E-state index contributed by atoms with van der Waals surface area (Å²) in [6.45, 7) is -0.932. The van der Waals surface area contributed by atoms with Gasteiger partial charge in [0.1, 0.15) is 6.61 Å². The number of nitriles is 1. The first-order valence-corrected chi connectivity index (χ1v) is 5.18. The van der Waals surface area contributed by atoms with Gasteiger partial charge in [-0.25, -0.2) is 4.39 Å². The average molecular weight is 312 g/mol. The van der Waals surface area contributed by atoms with Crippen LogP contribution in [0.15, 0.2) is 22.7 Å². The second kappa shape index (κ2) is 5.36. The molecule has 92 valence electrons. The Labute approximate surface area is 103 Å². The molecule has 0 heterocycles. The molecule has 0 saturated heterocycles. The summed E-state index contributed by atoms with van der Waals surface area (Å²) >= 11 is 2.99. The number of hydrogen-bond donors (Lipinski definition) is 0. The van der Waals surface area contributed by atoms with Gasteiger partial charge in [0.15, 0.2) is 17.5 Å². The Morgan fingerprint density at radius 3 is 2.53 bits per heavy atom. The summed E-state index contributed by atoms with van der Waals surface area (Å²) in [5.74, 6) is -3.39. The molecule has 0 amide bonds. The molecule has 0 N–H and O–H groups in total. The van der Waals surface area contributed by atoms with Gasteiger partial charge in [0.25, 0.3) is 0 Å². The zero-order valence-corrected chi connectivity index (χ0v) is 9.85. The lowest BCUT2D eigenvalue weighted by Crippen LogP contribution is -2.27. The Hall–Kier alpha value is -1.29. The van der Waals surface area contributed by atoms with E-state index in [4.69, 9.17) is 5.26 Å². The lowest BCUT2D eigenvalue weighted by Gasteiger charge is -2.14. The van der Waals surface area contributed by atoms with Gasteiger partial charge in [0.05, 0.1) is 6.07 Å². The molecule has 0 saturated carbocycles. The molecule has 0 aliphatic rings. The van der Waals surface area contributed by atoms with Crippen LogP contribution in [0.4, 0.5) is 17.6 Å². The molecule has 1 aromatic carbocycles. The fourth-order valence-electron chi connectivity index (χ4n) is 0.970. The van der Waals surface area contributed by atoms with Gasteiger partial charge in [-0.15, -0.1) is 0 Å². The summed E-state index contributed by atoms with van der Waals surface area (Å²) in [5.41, 5.74) is 0. The summed E-state index contributed by atoms with van der Waals surface area (Å²) in [4.78, 5) is 0. The van der Waals surface area contributed by atoms with E-state index in [1.165, 1.54) is 12.1 Å². The Kier molecular flexibility index (Phi) is 4.34. The molecule has 7 heteroatoms. The smallest absolute Gasteiger partial charge is 0.407 e. The molecule has 0 aliphatic carbocycles. The maximum absolute atomic E-state index is 13.2. The van der Waals surface area contributed by atoms with E-state index in [1.54, 1.807) is 0 Å². The van der Waals surface area contributed by atoms with E-state index in [2.05, 4.69) is 20.7 Å². The van der Waals surface area contributed by atoms with E-state index < -0.39 is 24.5 Å². The number of benzene rings is 1. The lowest BCUT2D eigenvalue weighted by atomic mass is 10.2. The maximum Gasteiger partial charge on any atom is 0.407 e. The zero-order chi connectivity index (χ0) is 13.1. The summed E-state index contributed by atoms with van der Waals surface area (Å²) in [6.07, 6.45) is -4.68. The molecule has 1 unspecified atom stereocenters. The van der Waals surface area contributed by atoms with Gasteiger partial charge in [0.2, 0.25) is 0 Å². The summed E-state index contributed by atoms with van der Waals surface area (Å²) in [7, 11) is 0. The predicted octanol–water partition coefficient (Wildman–Crippen LogP) is 3.67. The molecule has 2 nitrogen and oxygen atoms in total. The topological polar surface area (TPSA) is 33.0 Å². The van der Waals surface area contributed by atoms with E-state index >= 15 is 0 Å². The van der Waals surface area contributed by atoms with E-state index in [9.17, 15) is 17.6 Å². The normalized spacial score (nSPS) is 12.9. The number of ether oxygens (including phenoxy) is 1. The van der Waals surface area contributed by atoms with Crippen LogP contribution in [0.25, 0.3) is 0 Å². The summed E-state index contributed by atoms with van der Waals surface area (Å²) in [6, 6.07) is 4.73. The lowest BCUT2D eigenvalue weighted by molar-refractivity contribution is -0.165. The van der Waals surface area contributed by atoms with Crippen LogP contribution in [0, 0.1) is 23.1 Å². The molecule has 0 aromatic heterocycles. The van der Waals surface area contributed by atoms with Gasteiger partial charge in [-0.05, 0) is 18.2 Å². The van der Waals surface area contributed by atoms with Crippen molar-refractivity contribution in [1.82, 2.24) is 0 Å². The Morgan fingerprint density at radius 1 is 1.41 bits per heavy atom. The van der Waals surface area contributed by atoms with Crippen molar-refractivity contribution in [2.45, 2.75) is 6.18 Å². The van der Waals surface area contributed by atoms with Crippen LogP contribution in [0.2, 0.25) is 0 Å². The molecule has 1 rings (SSSR count). The van der Waals surface area contributed by atoms with Crippen molar-refractivity contribution in [3.05, 3.63) is 28.5 Å². The quantitative estimate of drug-likeness (QED) is 0.798. The van der Waals surface area contributed by atoms with Crippen molar-refractivity contribution in [2.24, 2.45) is 5.92 Å². The van der Waals surface area contributed by atoms with Crippen LogP contribution in [-0.4, -0.2) is 12.8 Å². The summed E-state index contributed by atoms with van der Waals surface area (Å²) < 4.78 is 54.8. The molecule has 0 bridgehead atoms. The standard InChI is InChI=1S/C10H6BrF4NO/c11-7-1-2-9(8(12)3-7)17-5-6(4-16)10(13,14)15/h1-3,6H,5H2. The van der Waals surface area contributed by atoms with Gasteiger partial charge < -0.3 is 4.74 Å². The third-order valence-electron chi connectivity index (χ3n) is 1.85. The fourth-order valence-corrected chi connectivity index (χ4v) is 1.30. The van der Waals surface area contributed by atoms with Crippen LogP contribution in [0.3, 0.4) is 0 Å². The first kappa shape index (κ1) is 13.8. The van der Waals surface area contributed by atoms with Crippen molar-refractivity contribution >= 4 is 15.9 Å². The monoisotopic (exact) mass is 311 g/mol. The molecule has 1 atom stereocenters. The minimum absolute atomic E-state index is 0.322. The fraction of sp³-hybridized carbons (Fsp3) is 0.300. The van der Waals surface area contributed by atoms with Crippen LogP contribution in [-0.2, 0) is 0 Å². The molecule has 0 spiro atoms. The average Bonchev–Trinajstić information content (AvgIpc) is 2.19. The van der Waals surface area contributed by atoms with Crippen molar-refractivity contribution in [3.63, 3.8) is 0 Å². The molecular formula is C10H6BrF4NO. The molecule has 0 aliphatic heterocycles. The van der Waals surface area contributed by atoms with Crippen LogP contribution in [0.1, 0.15) is 0 Å². The highest BCUT2D eigenvalue weighted by Gasteiger charge is 2.40. The molecule has 0 radical (unpaired) electrons. The van der Waals surface area contributed by atoms with Crippen molar-refractivity contribution in [1.29, 1.82) is 5.26 Å². The second-order valence-corrected chi connectivity index (χ2v) is 4.02. The largest absolute Gasteiger partial charge is 0.489 e. The second-order valence-electron chi connectivity index (χ2n) is 3.11. The highest BCUT2D eigenvalue weighted by atomic mass is 79.9. The number of alkyl halides is 3. The number of rotatable bonds is 3. The van der Waals surface area contributed by atoms with Crippen molar-refractivity contribution in [2.75, 3.05) is 6.61 Å². The Morgan fingerprint density at radius 2 is 2.06 bits per heavy atom. The SMILES string of the molecule is N#CC(COc1ccc(Br)cc1F)C(F)(F)F. The van der Waals surface area contributed by atoms with Gasteiger partial charge >= 0.3 is 6.18 Å². The minimum Gasteiger partial charge on any atom is -0.489 e.